The maximum absolute atomic E-state index is 12.3. The Morgan fingerprint density at radius 1 is 0.343 bits per heavy atom. The van der Waals surface area contributed by atoms with Gasteiger partial charge in [-0.05, 0) is 18.2 Å². The van der Waals surface area contributed by atoms with Gasteiger partial charge in [-0.15, -0.1) is 0 Å². The average molecular weight is 464 g/mol. The Morgan fingerprint density at radius 2 is 0.714 bits per heavy atom. The summed E-state index contributed by atoms with van der Waals surface area (Å²) >= 11 is 0. The van der Waals surface area contributed by atoms with E-state index >= 15 is 0 Å². The number of benzene rings is 4. The third-order valence-corrected chi connectivity index (χ3v) is 5.96. The second kappa shape index (κ2) is 8.07. The number of phenols is 3. The highest BCUT2D eigenvalue weighted by Gasteiger charge is 2.36. The van der Waals surface area contributed by atoms with Crippen molar-refractivity contribution in [2.75, 3.05) is 0 Å². The van der Waals surface area contributed by atoms with Crippen LogP contribution in [0.2, 0.25) is 0 Å². The van der Waals surface area contributed by atoms with E-state index in [-0.39, 0.29) is 45.3 Å². The molecular weight excluding hydrogens is 448 g/mol. The molecular formula is C28H16O7. The molecule has 4 aromatic carbocycles. The lowest BCUT2D eigenvalue weighted by Crippen LogP contribution is -2.21. The van der Waals surface area contributed by atoms with Gasteiger partial charge < -0.3 is 15.3 Å². The monoisotopic (exact) mass is 464 g/mol. The molecule has 4 aromatic rings. The van der Waals surface area contributed by atoms with Crippen molar-refractivity contribution in [1.29, 1.82) is 0 Å². The van der Waals surface area contributed by atoms with E-state index in [1.165, 1.54) is 18.2 Å². The maximum Gasteiger partial charge on any atom is 0.202 e. The van der Waals surface area contributed by atoms with Crippen molar-refractivity contribution in [3.63, 3.8) is 0 Å². The van der Waals surface area contributed by atoms with E-state index in [0.717, 1.165) is 12.1 Å². The standard InChI is InChI=1S/C14H8O5.C14H8O2/c15-7-3-1-2-6-10(7)14(19)12-9(17)5-4-8(16)11(12)13(6)18;15-13-9-5-1-2-6-10(9)14(16)12-8-4-3-7-11(12)13/h1-5,15-17H;1-8H. The van der Waals surface area contributed by atoms with Gasteiger partial charge in [0, 0.05) is 27.8 Å². The van der Waals surface area contributed by atoms with Crippen LogP contribution in [0.4, 0.5) is 0 Å². The van der Waals surface area contributed by atoms with Gasteiger partial charge in [0.25, 0.3) is 0 Å². The van der Waals surface area contributed by atoms with Gasteiger partial charge in [-0.2, -0.15) is 0 Å². The lowest BCUT2D eigenvalue weighted by Gasteiger charge is -2.19. The van der Waals surface area contributed by atoms with E-state index in [0.29, 0.717) is 22.3 Å². The van der Waals surface area contributed by atoms with Crippen molar-refractivity contribution in [2.45, 2.75) is 0 Å². The molecule has 0 saturated heterocycles. The molecule has 0 spiro atoms. The first kappa shape index (κ1) is 21.8. The van der Waals surface area contributed by atoms with Crippen molar-refractivity contribution in [3.05, 3.63) is 123 Å². The summed E-state index contributed by atoms with van der Waals surface area (Å²) in [5.74, 6) is -2.52. The van der Waals surface area contributed by atoms with Gasteiger partial charge in [-0.3, -0.25) is 19.2 Å². The molecule has 0 saturated carbocycles. The lowest BCUT2D eigenvalue weighted by molar-refractivity contribution is 0.0971. The number of phenolic OH excluding ortho intramolecular Hbond substituents is 3. The topological polar surface area (TPSA) is 129 Å². The number of carbonyl (C=O) groups is 4. The van der Waals surface area contributed by atoms with Crippen molar-refractivity contribution >= 4 is 23.1 Å². The van der Waals surface area contributed by atoms with E-state index in [4.69, 9.17) is 0 Å². The van der Waals surface area contributed by atoms with Crippen molar-refractivity contribution < 1.29 is 34.5 Å². The molecule has 7 nitrogen and oxygen atoms in total. The fourth-order valence-electron chi connectivity index (χ4n) is 4.32. The molecule has 0 amide bonds. The van der Waals surface area contributed by atoms with Crippen LogP contribution in [0.5, 0.6) is 17.2 Å². The van der Waals surface area contributed by atoms with E-state index in [1.54, 1.807) is 48.5 Å². The van der Waals surface area contributed by atoms with Crippen LogP contribution in [0.3, 0.4) is 0 Å². The van der Waals surface area contributed by atoms with E-state index in [2.05, 4.69) is 0 Å². The molecule has 0 unspecified atom stereocenters. The molecule has 6 rings (SSSR count). The summed E-state index contributed by atoms with van der Waals surface area (Å²) in [6, 6.07) is 20.3. The summed E-state index contributed by atoms with van der Waals surface area (Å²) in [6.45, 7) is 0. The largest absolute Gasteiger partial charge is 0.507 e. The Labute approximate surface area is 198 Å². The summed E-state index contributed by atoms with van der Waals surface area (Å²) < 4.78 is 0. The van der Waals surface area contributed by atoms with E-state index in [9.17, 15) is 34.5 Å². The van der Waals surface area contributed by atoms with Crippen LogP contribution >= 0.6 is 0 Å². The van der Waals surface area contributed by atoms with Crippen molar-refractivity contribution in [2.24, 2.45) is 0 Å². The summed E-state index contributed by atoms with van der Waals surface area (Å²) in [5, 5.41) is 29.1. The van der Waals surface area contributed by atoms with Crippen LogP contribution < -0.4 is 0 Å². The van der Waals surface area contributed by atoms with E-state index in [1.807, 2.05) is 0 Å². The summed E-state index contributed by atoms with van der Waals surface area (Å²) in [4.78, 5) is 48.7. The molecule has 2 aliphatic carbocycles. The third-order valence-electron chi connectivity index (χ3n) is 5.96. The molecule has 7 heteroatoms. The third kappa shape index (κ3) is 3.29. The minimum absolute atomic E-state index is 0.0124. The smallest absolute Gasteiger partial charge is 0.202 e. The Balaban J connectivity index is 0.000000147. The van der Waals surface area contributed by atoms with Gasteiger partial charge in [-0.25, -0.2) is 0 Å². The highest BCUT2D eigenvalue weighted by molar-refractivity contribution is 6.31. The van der Waals surface area contributed by atoms with Crippen LogP contribution in [0.1, 0.15) is 63.7 Å². The number of rotatable bonds is 0. The first-order valence-electron chi connectivity index (χ1n) is 10.5. The van der Waals surface area contributed by atoms with Gasteiger partial charge in [0.1, 0.15) is 17.2 Å². The SMILES string of the molecule is O=C1c2cccc(O)c2C(=O)c2c(O)ccc(O)c21.O=C1c2ccccc2C(=O)c2ccccc21. The predicted molar refractivity (Wildman–Crippen MR) is 124 cm³/mol. The van der Waals surface area contributed by atoms with Crippen LogP contribution in [0, 0.1) is 0 Å². The Bertz CT molecular complexity index is 1490. The predicted octanol–water partition coefficient (Wildman–Crippen LogP) is 4.04. The van der Waals surface area contributed by atoms with Crippen LogP contribution in [0.15, 0.2) is 78.9 Å². The number of hydrogen-bond acceptors (Lipinski definition) is 7. The molecule has 2 aliphatic rings. The number of carbonyl (C=O) groups excluding carboxylic acids is 4. The van der Waals surface area contributed by atoms with Crippen molar-refractivity contribution in [3.8, 4) is 17.2 Å². The quantitative estimate of drug-likeness (QED) is 0.289. The first-order valence-corrected chi connectivity index (χ1v) is 10.5. The number of fused-ring (bicyclic) bond motifs is 4. The number of aromatic hydroxyl groups is 3. The fraction of sp³-hybridized carbons (Fsp3) is 0. The van der Waals surface area contributed by atoms with Gasteiger partial charge in [0.2, 0.25) is 5.78 Å². The molecule has 35 heavy (non-hydrogen) atoms. The molecule has 0 heterocycles. The summed E-state index contributed by atoms with van der Waals surface area (Å²) in [7, 11) is 0. The lowest BCUT2D eigenvalue weighted by atomic mass is 9.82. The summed E-state index contributed by atoms with van der Waals surface area (Å²) in [5.41, 5.74) is 1.37. The number of hydrogen-bond donors (Lipinski definition) is 3. The number of ketones is 4. The van der Waals surface area contributed by atoms with Crippen LogP contribution in [-0.4, -0.2) is 38.5 Å². The minimum atomic E-state index is -0.684. The summed E-state index contributed by atoms with van der Waals surface area (Å²) in [6.07, 6.45) is 0. The molecule has 0 aromatic heterocycles. The molecule has 0 radical (unpaired) electrons. The van der Waals surface area contributed by atoms with Crippen LogP contribution in [-0.2, 0) is 0 Å². The van der Waals surface area contributed by atoms with Gasteiger partial charge in [0.05, 0.1) is 16.7 Å². The second-order valence-corrected chi connectivity index (χ2v) is 7.96. The molecule has 170 valence electrons. The average Bonchev–Trinajstić information content (AvgIpc) is 2.87. The zero-order chi connectivity index (χ0) is 24.9. The first-order chi connectivity index (χ1) is 16.8. The molecule has 0 bridgehead atoms. The van der Waals surface area contributed by atoms with E-state index < -0.39 is 17.3 Å². The fourth-order valence-corrected chi connectivity index (χ4v) is 4.32. The van der Waals surface area contributed by atoms with Gasteiger partial charge >= 0.3 is 0 Å². The maximum atomic E-state index is 12.3. The zero-order valence-corrected chi connectivity index (χ0v) is 18.0. The van der Waals surface area contributed by atoms with Crippen LogP contribution in [0.25, 0.3) is 0 Å². The van der Waals surface area contributed by atoms with Gasteiger partial charge in [0.15, 0.2) is 17.3 Å². The second-order valence-electron chi connectivity index (χ2n) is 7.96. The molecule has 0 fully saturated rings. The molecule has 0 aliphatic heterocycles. The zero-order valence-electron chi connectivity index (χ0n) is 18.0. The highest BCUT2D eigenvalue weighted by atomic mass is 16.3. The Kier molecular flexibility index (Phi) is 5.02. The normalized spacial score (nSPS) is 13.1. The Morgan fingerprint density at radius 3 is 1.17 bits per heavy atom. The molecule has 3 N–H and O–H groups in total. The minimum Gasteiger partial charge on any atom is -0.507 e. The highest BCUT2D eigenvalue weighted by Crippen LogP contribution is 2.39. The molecule has 0 atom stereocenters. The van der Waals surface area contributed by atoms with Gasteiger partial charge in [-0.1, -0.05) is 60.7 Å². The Hall–Kier alpha value is -5.04. The van der Waals surface area contributed by atoms with Crippen molar-refractivity contribution in [1.82, 2.24) is 0 Å².